The summed E-state index contributed by atoms with van der Waals surface area (Å²) in [5.41, 5.74) is 2.53. The van der Waals surface area contributed by atoms with Crippen molar-refractivity contribution in [2.75, 3.05) is 13.7 Å². The molecule has 23 heavy (non-hydrogen) atoms. The van der Waals surface area contributed by atoms with Crippen molar-refractivity contribution in [3.8, 4) is 0 Å². The van der Waals surface area contributed by atoms with Gasteiger partial charge in [-0.2, -0.15) is 0 Å². The zero-order chi connectivity index (χ0) is 17.2. The van der Waals surface area contributed by atoms with Gasteiger partial charge in [-0.05, 0) is 38.2 Å². The van der Waals surface area contributed by atoms with Crippen LogP contribution in [0.3, 0.4) is 0 Å². The van der Waals surface area contributed by atoms with Crippen LogP contribution >= 0.6 is 0 Å². The molecule has 0 spiro atoms. The molecule has 1 aromatic rings. The van der Waals surface area contributed by atoms with Gasteiger partial charge in [-0.3, -0.25) is 9.69 Å². The molecule has 3 heteroatoms. The first-order chi connectivity index (χ1) is 10.9. The van der Waals surface area contributed by atoms with Crippen molar-refractivity contribution < 1.29 is 9.53 Å². The average molecular weight is 317 g/mol. The predicted octanol–water partition coefficient (Wildman–Crippen LogP) is 4.43. The van der Waals surface area contributed by atoms with E-state index in [1.54, 1.807) is 0 Å². The van der Waals surface area contributed by atoms with Crippen molar-refractivity contribution in [2.45, 2.75) is 53.1 Å². The second kappa shape index (κ2) is 10.2. The van der Waals surface area contributed by atoms with Crippen LogP contribution in [0, 0.1) is 5.92 Å². The average Bonchev–Trinajstić information content (AvgIpc) is 2.51. The molecule has 0 aliphatic carbocycles. The topological polar surface area (TPSA) is 29.5 Å². The minimum absolute atomic E-state index is 0.133. The van der Waals surface area contributed by atoms with E-state index < -0.39 is 0 Å². The van der Waals surface area contributed by atoms with Gasteiger partial charge in [-0.1, -0.05) is 55.8 Å². The maximum atomic E-state index is 12.3. The van der Waals surface area contributed by atoms with Crippen molar-refractivity contribution >= 4 is 5.97 Å². The molecule has 128 valence electrons. The van der Waals surface area contributed by atoms with Crippen LogP contribution in [-0.4, -0.2) is 30.6 Å². The van der Waals surface area contributed by atoms with E-state index >= 15 is 0 Å². The zero-order valence-corrected chi connectivity index (χ0v) is 15.2. The monoisotopic (exact) mass is 317 g/mol. The van der Waals surface area contributed by atoms with E-state index in [1.807, 2.05) is 18.2 Å². The van der Waals surface area contributed by atoms with E-state index in [0.717, 1.165) is 25.9 Å². The highest BCUT2D eigenvalue weighted by Crippen LogP contribution is 2.17. The number of esters is 1. The van der Waals surface area contributed by atoms with Crippen molar-refractivity contribution in [1.29, 1.82) is 0 Å². The van der Waals surface area contributed by atoms with Gasteiger partial charge in [0.15, 0.2) is 0 Å². The smallest absolute Gasteiger partial charge is 0.323 e. The highest BCUT2D eigenvalue weighted by atomic mass is 16.5. The maximum Gasteiger partial charge on any atom is 0.323 e. The Labute approximate surface area is 141 Å². The SMILES string of the molecule is COC(=O)[C@H](CC(C)C)N(CCC=C(C)C)Cc1ccccc1. The molecule has 0 radical (unpaired) electrons. The number of hydrogen-bond donors (Lipinski definition) is 0. The molecule has 1 aromatic carbocycles. The van der Waals surface area contributed by atoms with Crippen molar-refractivity contribution in [1.82, 2.24) is 4.90 Å². The van der Waals surface area contributed by atoms with Crippen molar-refractivity contribution in [3.63, 3.8) is 0 Å². The molecule has 1 rings (SSSR count). The molecule has 0 amide bonds. The minimum atomic E-state index is -0.189. The van der Waals surface area contributed by atoms with Gasteiger partial charge in [0.25, 0.3) is 0 Å². The molecule has 0 fully saturated rings. The second-order valence-electron chi connectivity index (χ2n) is 6.69. The van der Waals surface area contributed by atoms with Gasteiger partial charge in [0.2, 0.25) is 0 Å². The Kier molecular flexibility index (Phi) is 8.64. The fourth-order valence-electron chi connectivity index (χ4n) is 2.66. The lowest BCUT2D eigenvalue weighted by Gasteiger charge is -2.30. The third-order valence-corrected chi connectivity index (χ3v) is 3.81. The van der Waals surface area contributed by atoms with Gasteiger partial charge in [-0.25, -0.2) is 0 Å². The standard InChI is InChI=1S/C20H31NO2/c1-16(2)10-9-13-21(15-18-11-7-6-8-12-18)19(14-17(3)4)20(22)23-5/h6-8,10-12,17,19H,9,13-15H2,1-5H3/t19-/m0/s1. The first-order valence-corrected chi connectivity index (χ1v) is 8.43. The summed E-state index contributed by atoms with van der Waals surface area (Å²) in [6, 6.07) is 10.1. The number of nitrogens with zero attached hydrogens (tertiary/aromatic N) is 1. The number of methoxy groups -OCH3 is 1. The van der Waals surface area contributed by atoms with Crippen LogP contribution < -0.4 is 0 Å². The van der Waals surface area contributed by atoms with E-state index in [4.69, 9.17) is 4.74 Å². The van der Waals surface area contributed by atoms with Crippen LogP contribution in [0.15, 0.2) is 42.0 Å². The second-order valence-corrected chi connectivity index (χ2v) is 6.69. The van der Waals surface area contributed by atoms with Crippen LogP contribution in [0.4, 0.5) is 0 Å². The predicted molar refractivity (Wildman–Crippen MR) is 96.2 cm³/mol. The zero-order valence-electron chi connectivity index (χ0n) is 15.2. The summed E-state index contributed by atoms with van der Waals surface area (Å²) in [5, 5.41) is 0. The van der Waals surface area contributed by atoms with Crippen LogP contribution in [0.2, 0.25) is 0 Å². The summed E-state index contributed by atoms with van der Waals surface area (Å²) in [6.07, 6.45) is 3.98. The number of ether oxygens (including phenoxy) is 1. The molecule has 0 aliphatic rings. The van der Waals surface area contributed by atoms with Crippen LogP contribution in [0.25, 0.3) is 0 Å². The van der Waals surface area contributed by atoms with Gasteiger partial charge in [0, 0.05) is 13.1 Å². The molecule has 0 saturated carbocycles. The number of rotatable bonds is 9. The van der Waals surface area contributed by atoms with Crippen molar-refractivity contribution in [3.05, 3.63) is 47.5 Å². The molecule has 0 heterocycles. The molecule has 0 unspecified atom stereocenters. The summed E-state index contributed by atoms with van der Waals surface area (Å²) in [7, 11) is 1.48. The van der Waals surface area contributed by atoms with E-state index in [-0.39, 0.29) is 12.0 Å². The molecule has 1 atom stereocenters. The summed E-state index contributed by atoms with van der Waals surface area (Å²) in [5.74, 6) is 0.313. The van der Waals surface area contributed by atoms with Crippen LogP contribution in [-0.2, 0) is 16.1 Å². The number of allylic oxidation sites excluding steroid dienone is 1. The lowest BCUT2D eigenvalue weighted by Crippen LogP contribution is -2.42. The molecular weight excluding hydrogens is 286 g/mol. The largest absolute Gasteiger partial charge is 0.468 e. The maximum absolute atomic E-state index is 12.3. The Hall–Kier alpha value is -1.61. The summed E-state index contributed by atoms with van der Waals surface area (Å²) < 4.78 is 5.06. The number of carbonyl (C=O) groups is 1. The highest BCUT2D eigenvalue weighted by Gasteiger charge is 2.27. The molecule has 0 bridgehead atoms. The van der Waals surface area contributed by atoms with Gasteiger partial charge in [-0.15, -0.1) is 0 Å². The third kappa shape index (κ3) is 7.47. The number of carbonyl (C=O) groups excluding carboxylic acids is 1. The first-order valence-electron chi connectivity index (χ1n) is 8.43. The first kappa shape index (κ1) is 19.4. The Morgan fingerprint density at radius 3 is 2.39 bits per heavy atom. The quantitative estimate of drug-likeness (QED) is 0.498. The van der Waals surface area contributed by atoms with Crippen LogP contribution in [0.5, 0.6) is 0 Å². The van der Waals surface area contributed by atoms with Crippen molar-refractivity contribution in [2.24, 2.45) is 5.92 Å². The summed E-state index contributed by atoms with van der Waals surface area (Å²) >= 11 is 0. The van der Waals surface area contributed by atoms with Gasteiger partial charge >= 0.3 is 5.97 Å². The summed E-state index contributed by atoms with van der Waals surface area (Å²) in [6.45, 7) is 10.1. The molecule has 0 N–H and O–H groups in total. The minimum Gasteiger partial charge on any atom is -0.468 e. The molecule has 0 aromatic heterocycles. The van der Waals surface area contributed by atoms with Gasteiger partial charge in [0.05, 0.1) is 7.11 Å². The Morgan fingerprint density at radius 2 is 1.87 bits per heavy atom. The van der Waals surface area contributed by atoms with Gasteiger partial charge in [0.1, 0.15) is 6.04 Å². The fraction of sp³-hybridized carbons (Fsp3) is 0.550. The Bertz CT molecular complexity index is 490. The van der Waals surface area contributed by atoms with E-state index in [0.29, 0.717) is 5.92 Å². The Morgan fingerprint density at radius 1 is 1.22 bits per heavy atom. The van der Waals surface area contributed by atoms with E-state index in [2.05, 4.69) is 50.8 Å². The molecule has 0 aliphatic heterocycles. The van der Waals surface area contributed by atoms with Gasteiger partial charge < -0.3 is 4.74 Å². The lowest BCUT2D eigenvalue weighted by atomic mass is 10.0. The molecular formula is C20H31NO2. The summed E-state index contributed by atoms with van der Waals surface area (Å²) in [4.78, 5) is 14.5. The molecule has 3 nitrogen and oxygen atoms in total. The van der Waals surface area contributed by atoms with E-state index in [9.17, 15) is 4.79 Å². The van der Waals surface area contributed by atoms with Crippen LogP contribution in [0.1, 0.15) is 46.1 Å². The number of benzene rings is 1. The normalized spacial score (nSPS) is 12.3. The lowest BCUT2D eigenvalue weighted by molar-refractivity contribution is -0.148. The number of hydrogen-bond acceptors (Lipinski definition) is 3. The Balaban J connectivity index is 2.92. The molecule has 0 saturated heterocycles. The fourth-order valence-corrected chi connectivity index (χ4v) is 2.66. The van der Waals surface area contributed by atoms with E-state index in [1.165, 1.54) is 18.2 Å². The highest BCUT2D eigenvalue weighted by molar-refractivity contribution is 5.75. The third-order valence-electron chi connectivity index (χ3n) is 3.81.